The maximum absolute atomic E-state index is 11.0. The van der Waals surface area contributed by atoms with Crippen LogP contribution in [0.25, 0.3) is 6.08 Å². The molecule has 0 saturated heterocycles. The summed E-state index contributed by atoms with van der Waals surface area (Å²) in [5.74, 6) is -0.515. The molecule has 0 bridgehead atoms. The van der Waals surface area contributed by atoms with Crippen molar-refractivity contribution in [1.29, 1.82) is 0 Å². The molecule has 1 heterocycles. The van der Waals surface area contributed by atoms with Crippen molar-refractivity contribution in [2.75, 3.05) is 6.61 Å². The lowest BCUT2D eigenvalue weighted by atomic mass is 10.3. The van der Waals surface area contributed by atoms with E-state index in [0.29, 0.717) is 9.35 Å². The number of hydrogen-bond donors (Lipinski definition) is 0. The number of ether oxygens (including phenoxy) is 1. The maximum atomic E-state index is 11.0. The molecule has 5 nitrogen and oxygen atoms in total. The van der Waals surface area contributed by atoms with Crippen LogP contribution in [0.15, 0.2) is 15.9 Å². The molecule has 86 valence electrons. The Morgan fingerprint density at radius 2 is 2.44 bits per heavy atom. The van der Waals surface area contributed by atoms with Gasteiger partial charge in [-0.25, -0.2) is 4.79 Å². The molecule has 1 rings (SSSR count). The second-order valence-corrected chi connectivity index (χ2v) is 5.06. The van der Waals surface area contributed by atoms with E-state index in [1.165, 1.54) is 12.2 Å². The standard InChI is InChI=1S/C9H8BrNO4S/c1-2-15-8(12)4-3-6-5-7(10)16-9(6)11(13)14/h3-5H,2H2,1H3/b4-3+. The molecule has 0 fully saturated rings. The number of esters is 1. The van der Waals surface area contributed by atoms with Gasteiger partial charge in [-0.05, 0) is 35.0 Å². The number of rotatable bonds is 4. The predicted molar refractivity (Wildman–Crippen MR) is 64.3 cm³/mol. The second-order valence-electron chi connectivity index (χ2n) is 2.65. The number of carbonyl (C=O) groups is 1. The summed E-state index contributed by atoms with van der Waals surface area (Å²) in [5, 5.41) is 10.6. The van der Waals surface area contributed by atoms with Crippen LogP contribution in [0, 0.1) is 10.1 Å². The zero-order valence-electron chi connectivity index (χ0n) is 8.31. The fraction of sp³-hybridized carbons (Fsp3) is 0.222. The van der Waals surface area contributed by atoms with Gasteiger partial charge in [0.2, 0.25) is 0 Å². The molecule has 0 N–H and O–H groups in total. The van der Waals surface area contributed by atoms with Crippen LogP contribution < -0.4 is 0 Å². The highest BCUT2D eigenvalue weighted by Crippen LogP contribution is 2.34. The SMILES string of the molecule is CCOC(=O)/C=C/c1cc(Br)sc1[N+](=O)[O-]. The summed E-state index contributed by atoms with van der Waals surface area (Å²) in [4.78, 5) is 21.2. The van der Waals surface area contributed by atoms with Crippen LogP contribution >= 0.6 is 27.3 Å². The number of thiophene rings is 1. The van der Waals surface area contributed by atoms with E-state index in [-0.39, 0.29) is 11.6 Å². The minimum atomic E-state index is -0.515. The highest BCUT2D eigenvalue weighted by molar-refractivity contribution is 9.11. The largest absolute Gasteiger partial charge is 0.463 e. The normalized spacial score (nSPS) is 10.6. The first-order valence-corrected chi connectivity index (χ1v) is 5.94. The van der Waals surface area contributed by atoms with E-state index in [2.05, 4.69) is 20.7 Å². The van der Waals surface area contributed by atoms with E-state index in [4.69, 9.17) is 0 Å². The molecule has 1 aromatic rings. The van der Waals surface area contributed by atoms with E-state index in [1.807, 2.05) is 0 Å². The fourth-order valence-electron chi connectivity index (χ4n) is 0.975. The number of carbonyl (C=O) groups excluding carboxylic acids is 1. The van der Waals surface area contributed by atoms with Crippen molar-refractivity contribution in [1.82, 2.24) is 0 Å². The molecule has 7 heteroatoms. The van der Waals surface area contributed by atoms with Crippen molar-refractivity contribution in [3.8, 4) is 0 Å². The van der Waals surface area contributed by atoms with Crippen LogP contribution in [0.3, 0.4) is 0 Å². The lowest BCUT2D eigenvalue weighted by Crippen LogP contribution is -1.98. The van der Waals surface area contributed by atoms with Gasteiger partial charge < -0.3 is 4.74 Å². The Labute approximate surface area is 104 Å². The van der Waals surface area contributed by atoms with Crippen molar-refractivity contribution >= 4 is 44.3 Å². The summed E-state index contributed by atoms with van der Waals surface area (Å²) in [6.45, 7) is 1.97. The third-order valence-electron chi connectivity index (χ3n) is 1.56. The van der Waals surface area contributed by atoms with E-state index >= 15 is 0 Å². The van der Waals surface area contributed by atoms with E-state index in [1.54, 1.807) is 13.0 Å². The van der Waals surface area contributed by atoms with Crippen LogP contribution in [-0.4, -0.2) is 17.5 Å². The smallest absolute Gasteiger partial charge is 0.332 e. The van der Waals surface area contributed by atoms with E-state index in [0.717, 1.165) is 11.3 Å². The first kappa shape index (κ1) is 12.9. The molecule has 16 heavy (non-hydrogen) atoms. The molecule has 0 aliphatic carbocycles. The molecule has 0 unspecified atom stereocenters. The zero-order chi connectivity index (χ0) is 12.1. The lowest BCUT2D eigenvalue weighted by Gasteiger charge is -1.93. The monoisotopic (exact) mass is 305 g/mol. The summed E-state index contributed by atoms with van der Waals surface area (Å²) in [7, 11) is 0. The summed E-state index contributed by atoms with van der Waals surface area (Å²) >= 11 is 4.15. The summed E-state index contributed by atoms with van der Waals surface area (Å²) in [6, 6.07) is 1.58. The minimum Gasteiger partial charge on any atom is -0.463 e. The minimum absolute atomic E-state index is 0.00702. The van der Waals surface area contributed by atoms with E-state index < -0.39 is 10.9 Å². The van der Waals surface area contributed by atoms with Gasteiger partial charge in [0.25, 0.3) is 0 Å². The third kappa shape index (κ3) is 3.42. The Morgan fingerprint density at radius 1 is 1.75 bits per heavy atom. The Hall–Kier alpha value is -1.21. The molecular weight excluding hydrogens is 298 g/mol. The summed E-state index contributed by atoms with van der Waals surface area (Å²) in [5.41, 5.74) is 0.384. The van der Waals surface area contributed by atoms with Crippen molar-refractivity contribution in [3.05, 3.63) is 31.6 Å². The topological polar surface area (TPSA) is 69.4 Å². The molecule has 0 saturated carbocycles. The molecular formula is C9H8BrNO4S. The molecule has 1 aromatic heterocycles. The first-order valence-electron chi connectivity index (χ1n) is 4.33. The van der Waals surface area contributed by atoms with Crippen molar-refractivity contribution in [2.45, 2.75) is 6.92 Å². The van der Waals surface area contributed by atoms with Gasteiger partial charge in [0.05, 0.1) is 20.9 Å². The summed E-state index contributed by atoms with van der Waals surface area (Å²) in [6.07, 6.45) is 2.54. The highest BCUT2D eigenvalue weighted by Gasteiger charge is 2.16. The molecule has 0 spiro atoms. The fourth-order valence-corrected chi connectivity index (χ4v) is 2.37. The van der Waals surface area contributed by atoms with Gasteiger partial charge in [0, 0.05) is 6.08 Å². The number of nitrogens with zero attached hydrogens (tertiary/aromatic N) is 1. The zero-order valence-corrected chi connectivity index (χ0v) is 10.7. The number of hydrogen-bond acceptors (Lipinski definition) is 5. The Balaban J connectivity index is 2.88. The Bertz CT molecular complexity index is 441. The molecule has 0 amide bonds. The summed E-state index contributed by atoms with van der Waals surface area (Å²) < 4.78 is 5.31. The highest BCUT2D eigenvalue weighted by atomic mass is 79.9. The van der Waals surface area contributed by atoms with Crippen molar-refractivity contribution in [3.63, 3.8) is 0 Å². The van der Waals surface area contributed by atoms with E-state index in [9.17, 15) is 14.9 Å². The van der Waals surface area contributed by atoms with Crippen LogP contribution in [0.4, 0.5) is 5.00 Å². The third-order valence-corrected chi connectivity index (χ3v) is 3.17. The molecule has 0 aliphatic rings. The van der Waals surface area contributed by atoms with Crippen molar-refractivity contribution < 1.29 is 14.5 Å². The Kier molecular flexibility index (Phi) is 4.63. The molecule has 0 atom stereocenters. The lowest BCUT2D eigenvalue weighted by molar-refractivity contribution is -0.380. The second kappa shape index (κ2) is 5.76. The van der Waals surface area contributed by atoms with Gasteiger partial charge in [-0.3, -0.25) is 10.1 Å². The van der Waals surface area contributed by atoms with Crippen LogP contribution in [0.1, 0.15) is 12.5 Å². The first-order chi connectivity index (χ1) is 7.54. The van der Waals surface area contributed by atoms with Gasteiger partial charge in [0.15, 0.2) is 0 Å². The quantitative estimate of drug-likeness (QED) is 0.371. The van der Waals surface area contributed by atoms with Gasteiger partial charge in [-0.15, -0.1) is 0 Å². The van der Waals surface area contributed by atoms with Crippen LogP contribution in [-0.2, 0) is 9.53 Å². The number of halogens is 1. The average molecular weight is 306 g/mol. The van der Waals surface area contributed by atoms with Gasteiger partial charge in [-0.1, -0.05) is 11.3 Å². The van der Waals surface area contributed by atoms with Gasteiger partial charge in [-0.2, -0.15) is 0 Å². The maximum Gasteiger partial charge on any atom is 0.332 e. The Morgan fingerprint density at radius 3 is 3.00 bits per heavy atom. The molecule has 0 aliphatic heterocycles. The average Bonchev–Trinajstić information content (AvgIpc) is 2.57. The predicted octanol–water partition coefficient (Wildman–Crippen LogP) is 3.00. The molecule has 0 radical (unpaired) electrons. The number of nitro groups is 1. The van der Waals surface area contributed by atoms with Crippen LogP contribution in [0.5, 0.6) is 0 Å². The van der Waals surface area contributed by atoms with Crippen LogP contribution in [0.2, 0.25) is 0 Å². The van der Waals surface area contributed by atoms with Gasteiger partial charge in [0.1, 0.15) is 0 Å². The van der Waals surface area contributed by atoms with Gasteiger partial charge >= 0.3 is 11.0 Å². The molecule has 0 aromatic carbocycles. The van der Waals surface area contributed by atoms with Crippen molar-refractivity contribution in [2.24, 2.45) is 0 Å².